The first-order valence-electron chi connectivity index (χ1n) is 15.1. The Bertz CT molecular complexity index is 1550. The van der Waals surface area contributed by atoms with Crippen molar-refractivity contribution in [1.82, 2.24) is 10.6 Å². The number of benzene rings is 4. The Kier molecular flexibility index (Phi) is 9.09. The zero-order valence-corrected chi connectivity index (χ0v) is 25.7. The first-order valence-corrected chi connectivity index (χ1v) is 15.1. The minimum absolute atomic E-state index is 0.0902. The summed E-state index contributed by atoms with van der Waals surface area (Å²) < 4.78 is 35.6. The third kappa shape index (κ3) is 6.49. The van der Waals surface area contributed by atoms with Crippen LogP contribution >= 0.6 is 0 Å². The Morgan fingerprint density at radius 2 is 0.913 bits per heavy atom. The summed E-state index contributed by atoms with van der Waals surface area (Å²) in [7, 11) is 3.15. The van der Waals surface area contributed by atoms with Gasteiger partial charge < -0.3 is 39.1 Å². The normalized spacial score (nSPS) is 20.5. The number of rotatable bonds is 8. The van der Waals surface area contributed by atoms with Crippen LogP contribution in [0.15, 0.2) is 97.1 Å². The van der Waals surface area contributed by atoms with Crippen LogP contribution in [0.1, 0.15) is 22.3 Å². The Labute approximate surface area is 267 Å². The fourth-order valence-electron chi connectivity index (χ4n) is 5.82. The number of carbonyl (C=O) groups excluding carboxylic acids is 2. The van der Waals surface area contributed by atoms with Gasteiger partial charge in [-0.1, -0.05) is 48.5 Å². The van der Waals surface area contributed by atoms with Crippen LogP contribution in [0.3, 0.4) is 0 Å². The van der Waals surface area contributed by atoms with Gasteiger partial charge in [0.1, 0.15) is 23.0 Å². The molecule has 6 rings (SSSR count). The zero-order chi connectivity index (χ0) is 32.0. The molecule has 0 amide bonds. The van der Waals surface area contributed by atoms with Crippen molar-refractivity contribution in [2.45, 2.75) is 24.4 Å². The molecule has 2 aliphatic heterocycles. The van der Waals surface area contributed by atoms with Crippen LogP contribution < -0.4 is 29.6 Å². The molecule has 2 heterocycles. The van der Waals surface area contributed by atoms with Crippen LogP contribution in [0, 0.1) is 0 Å². The van der Waals surface area contributed by atoms with Gasteiger partial charge in [0.2, 0.25) is 0 Å². The number of carbonyl (C=O) groups is 2. The number of methoxy groups -OCH3 is 2. The molecule has 0 fully saturated rings. The van der Waals surface area contributed by atoms with Gasteiger partial charge in [-0.3, -0.25) is 0 Å². The molecule has 0 saturated carbocycles. The second-order valence-electron chi connectivity index (χ2n) is 11.0. The van der Waals surface area contributed by atoms with E-state index in [4.69, 9.17) is 28.4 Å². The van der Waals surface area contributed by atoms with Gasteiger partial charge in [-0.25, -0.2) is 9.59 Å². The molecule has 10 heteroatoms. The van der Waals surface area contributed by atoms with E-state index in [1.54, 1.807) is 62.8 Å². The number of hydrogen-bond donors (Lipinski definition) is 2. The van der Waals surface area contributed by atoms with Gasteiger partial charge in [0.25, 0.3) is 11.6 Å². The maximum atomic E-state index is 13.9. The first kappa shape index (κ1) is 30.9. The highest BCUT2D eigenvalue weighted by Gasteiger charge is 2.47. The molecule has 4 aromatic carbocycles. The van der Waals surface area contributed by atoms with Gasteiger partial charge in [0.15, 0.2) is 0 Å². The van der Waals surface area contributed by atoms with Gasteiger partial charge >= 0.3 is 11.9 Å². The molecule has 2 atom stereocenters. The molecule has 0 spiro atoms. The molecular formula is C36H36N2O8. The van der Waals surface area contributed by atoms with Crippen molar-refractivity contribution < 1.29 is 38.0 Å². The summed E-state index contributed by atoms with van der Waals surface area (Å²) in [6.45, 7) is 1.42. The highest BCUT2D eigenvalue weighted by Crippen LogP contribution is 2.37. The summed E-state index contributed by atoms with van der Waals surface area (Å²) in [5, 5.41) is 6.60. The predicted molar refractivity (Wildman–Crippen MR) is 169 cm³/mol. The number of ether oxygens (including phenoxy) is 6. The summed E-state index contributed by atoms with van der Waals surface area (Å²) in [6.07, 6.45) is 1.35. The van der Waals surface area contributed by atoms with E-state index in [-0.39, 0.29) is 13.1 Å². The molecule has 2 aliphatic rings. The summed E-state index contributed by atoms with van der Waals surface area (Å²) >= 11 is 0. The minimum atomic E-state index is -1.68. The van der Waals surface area contributed by atoms with Crippen LogP contribution in [0.25, 0.3) is 0 Å². The summed E-state index contributed by atoms with van der Waals surface area (Å²) in [6, 6.07) is 28.9. The lowest BCUT2D eigenvalue weighted by Crippen LogP contribution is -2.50. The zero-order valence-electron chi connectivity index (χ0n) is 25.7. The third-order valence-corrected chi connectivity index (χ3v) is 8.08. The molecular weight excluding hydrogens is 588 g/mol. The quantitative estimate of drug-likeness (QED) is 0.168. The second kappa shape index (κ2) is 13.5. The van der Waals surface area contributed by atoms with E-state index in [0.717, 1.165) is 11.1 Å². The minimum Gasteiger partial charge on any atom is -0.497 e. The summed E-state index contributed by atoms with van der Waals surface area (Å²) in [5.74, 6) is -3.70. The van der Waals surface area contributed by atoms with Crippen molar-refractivity contribution in [2.24, 2.45) is 0 Å². The van der Waals surface area contributed by atoms with Crippen molar-refractivity contribution in [2.75, 3.05) is 40.4 Å². The van der Waals surface area contributed by atoms with E-state index in [1.807, 2.05) is 48.5 Å². The van der Waals surface area contributed by atoms with Crippen LogP contribution in [0.4, 0.5) is 0 Å². The summed E-state index contributed by atoms with van der Waals surface area (Å²) in [4.78, 5) is 27.7. The largest absolute Gasteiger partial charge is 0.497 e. The van der Waals surface area contributed by atoms with Crippen molar-refractivity contribution in [1.29, 1.82) is 0 Å². The Morgan fingerprint density at radius 1 is 0.543 bits per heavy atom. The van der Waals surface area contributed by atoms with E-state index in [2.05, 4.69) is 10.6 Å². The predicted octanol–water partition coefficient (Wildman–Crippen LogP) is 4.25. The molecule has 0 radical (unpaired) electrons. The Hall–Kier alpha value is -5.06. The average molecular weight is 625 g/mol. The highest BCUT2D eigenvalue weighted by molar-refractivity contribution is 6.29. The number of nitrogens with one attached hydrogen (secondary N) is 2. The standard InChI is InChI=1S/C36H36N2O8/c1-41-27-11-15-29(16-12-27)43-35(23-37-21-19-25-7-3-5-9-31(25)35)45-33(39)34(40)46-36(44-30-17-13-28(42-2)14-18-30)24-38-22-20-26-8-4-6-10-32(26)36/h3-18,37-38H,19-24H2,1-2H3. The number of esters is 2. The molecule has 4 aromatic rings. The van der Waals surface area contributed by atoms with Gasteiger partial charge in [-0.05, 0) is 85.6 Å². The molecule has 10 nitrogen and oxygen atoms in total. The fourth-order valence-corrected chi connectivity index (χ4v) is 5.82. The van der Waals surface area contributed by atoms with Gasteiger partial charge in [-0.15, -0.1) is 0 Å². The highest BCUT2D eigenvalue weighted by atomic mass is 16.8. The van der Waals surface area contributed by atoms with Gasteiger partial charge in [0.05, 0.1) is 27.3 Å². The average Bonchev–Trinajstić information content (AvgIpc) is 3.38. The molecule has 0 bridgehead atoms. The van der Waals surface area contributed by atoms with Crippen molar-refractivity contribution in [3.05, 3.63) is 119 Å². The van der Waals surface area contributed by atoms with Crippen LogP contribution in [-0.2, 0) is 43.5 Å². The lowest BCUT2D eigenvalue weighted by molar-refractivity contribution is -0.226. The number of hydrogen-bond acceptors (Lipinski definition) is 10. The monoisotopic (exact) mass is 624 g/mol. The van der Waals surface area contributed by atoms with Gasteiger partial charge in [0, 0.05) is 11.1 Å². The number of fused-ring (bicyclic) bond motifs is 2. The molecule has 46 heavy (non-hydrogen) atoms. The van der Waals surface area contributed by atoms with E-state index in [0.29, 0.717) is 60.1 Å². The maximum Gasteiger partial charge on any atom is 0.421 e. The molecule has 238 valence electrons. The Morgan fingerprint density at radius 3 is 1.30 bits per heavy atom. The van der Waals surface area contributed by atoms with E-state index < -0.39 is 23.5 Å². The van der Waals surface area contributed by atoms with Crippen LogP contribution in [0.5, 0.6) is 23.0 Å². The first-order chi connectivity index (χ1) is 22.4. The third-order valence-electron chi connectivity index (χ3n) is 8.08. The van der Waals surface area contributed by atoms with Crippen LogP contribution in [-0.4, -0.2) is 52.3 Å². The smallest absolute Gasteiger partial charge is 0.421 e. The topological polar surface area (TPSA) is 114 Å². The van der Waals surface area contributed by atoms with E-state index >= 15 is 0 Å². The van der Waals surface area contributed by atoms with E-state index in [9.17, 15) is 9.59 Å². The summed E-state index contributed by atoms with van der Waals surface area (Å²) in [5.41, 5.74) is 3.09. The molecule has 2 N–H and O–H groups in total. The van der Waals surface area contributed by atoms with Gasteiger partial charge in [-0.2, -0.15) is 0 Å². The van der Waals surface area contributed by atoms with Crippen molar-refractivity contribution >= 4 is 11.9 Å². The van der Waals surface area contributed by atoms with E-state index in [1.165, 1.54) is 0 Å². The SMILES string of the molecule is COc1ccc(OC2(OC(=O)C(=O)OC3(Oc4ccc(OC)cc4)CNCCc4ccccc43)CNCCc3ccccc32)cc1. The Balaban J connectivity index is 1.34. The van der Waals surface area contributed by atoms with Crippen LogP contribution in [0.2, 0.25) is 0 Å². The fraction of sp³-hybridized carbons (Fsp3) is 0.278. The molecule has 0 saturated heterocycles. The lowest BCUT2D eigenvalue weighted by atomic mass is 9.98. The lowest BCUT2D eigenvalue weighted by Gasteiger charge is -2.36. The molecule has 2 unspecified atom stereocenters. The van der Waals surface area contributed by atoms with Crippen molar-refractivity contribution in [3.63, 3.8) is 0 Å². The molecule has 0 aromatic heterocycles. The molecule has 0 aliphatic carbocycles. The maximum absolute atomic E-state index is 13.9. The second-order valence-corrected chi connectivity index (χ2v) is 11.0. The van der Waals surface area contributed by atoms with Crippen molar-refractivity contribution in [3.8, 4) is 23.0 Å².